The van der Waals surface area contributed by atoms with Gasteiger partial charge in [-0.25, -0.2) is 9.97 Å². The van der Waals surface area contributed by atoms with Crippen LogP contribution in [0.2, 0.25) is 0 Å². The molecule has 0 amide bonds. The zero-order chi connectivity index (χ0) is 13.7. The number of carboxylic acids is 1. The maximum Gasteiger partial charge on any atom is 0.322 e. The van der Waals surface area contributed by atoms with Gasteiger partial charge in [0, 0.05) is 25.0 Å². The van der Waals surface area contributed by atoms with Gasteiger partial charge in [0.25, 0.3) is 0 Å². The van der Waals surface area contributed by atoms with Gasteiger partial charge in [0.2, 0.25) is 0 Å². The van der Waals surface area contributed by atoms with E-state index >= 15 is 0 Å². The zero-order valence-electron chi connectivity index (χ0n) is 10.5. The molecule has 2 aromatic rings. The molecule has 0 aliphatic heterocycles. The number of aromatic nitrogens is 3. The van der Waals surface area contributed by atoms with Crippen LogP contribution in [0.15, 0.2) is 24.5 Å². The molecule has 0 saturated heterocycles. The second-order valence-corrected chi connectivity index (χ2v) is 4.01. The molecule has 2 heterocycles. The Morgan fingerprint density at radius 3 is 2.74 bits per heavy atom. The molecule has 100 valence electrons. The molecule has 2 aromatic heterocycles. The molecule has 0 unspecified atom stereocenters. The smallest absolute Gasteiger partial charge is 0.322 e. The molecule has 0 bridgehead atoms. The lowest BCUT2D eigenvalue weighted by Gasteiger charge is -2.08. The molecule has 19 heavy (non-hydrogen) atoms. The van der Waals surface area contributed by atoms with Gasteiger partial charge in [-0.3, -0.25) is 4.79 Å². The highest BCUT2D eigenvalue weighted by atomic mass is 16.4. The molecule has 0 saturated carbocycles. The number of hydrogen-bond acceptors (Lipinski definition) is 5. The number of H-pyrrole nitrogens is 1. The van der Waals surface area contributed by atoms with E-state index in [1.165, 1.54) is 0 Å². The highest BCUT2D eigenvalue weighted by Gasteiger charge is 2.03. The molecular formula is C12H15N5O2. The van der Waals surface area contributed by atoms with Crippen LogP contribution in [0.3, 0.4) is 0 Å². The van der Waals surface area contributed by atoms with E-state index < -0.39 is 5.97 Å². The van der Waals surface area contributed by atoms with Crippen molar-refractivity contribution in [3.63, 3.8) is 0 Å². The Balaban J connectivity index is 2.01. The fourth-order valence-corrected chi connectivity index (χ4v) is 1.58. The number of carbonyl (C=O) groups is 1. The van der Waals surface area contributed by atoms with Crippen LogP contribution in [0.5, 0.6) is 0 Å². The van der Waals surface area contributed by atoms with Crippen LogP contribution < -0.4 is 10.6 Å². The molecular weight excluding hydrogens is 246 g/mol. The zero-order valence-corrected chi connectivity index (χ0v) is 10.5. The normalized spacial score (nSPS) is 10.2. The summed E-state index contributed by atoms with van der Waals surface area (Å²) < 4.78 is 0. The van der Waals surface area contributed by atoms with Crippen molar-refractivity contribution >= 4 is 17.6 Å². The maximum atomic E-state index is 10.5. The van der Waals surface area contributed by atoms with Crippen LogP contribution in [0.25, 0.3) is 0 Å². The molecule has 7 heteroatoms. The molecule has 0 aliphatic rings. The van der Waals surface area contributed by atoms with Crippen molar-refractivity contribution in [3.05, 3.63) is 35.9 Å². The second kappa shape index (κ2) is 5.85. The summed E-state index contributed by atoms with van der Waals surface area (Å²) in [4.78, 5) is 21.8. The fourth-order valence-electron chi connectivity index (χ4n) is 1.58. The third-order valence-electron chi connectivity index (χ3n) is 2.39. The molecule has 7 nitrogen and oxygen atoms in total. The van der Waals surface area contributed by atoms with Gasteiger partial charge in [0.15, 0.2) is 0 Å². The molecule has 4 N–H and O–H groups in total. The van der Waals surface area contributed by atoms with Crippen molar-refractivity contribution in [1.29, 1.82) is 0 Å². The summed E-state index contributed by atoms with van der Waals surface area (Å²) in [6, 6.07) is 3.65. The first-order valence-corrected chi connectivity index (χ1v) is 5.80. The number of aromatic amines is 1. The first-order chi connectivity index (χ1) is 9.13. The van der Waals surface area contributed by atoms with E-state index in [0.29, 0.717) is 24.0 Å². The van der Waals surface area contributed by atoms with Gasteiger partial charge in [0.1, 0.15) is 24.0 Å². The standard InChI is InChI=1S/C12H15N5O2/c1-8-16-10(14-6-9-2-3-13-5-9)4-11(17-8)15-7-12(18)19/h2-5,13H,6-7H2,1H3,(H,18,19)(H2,14,15,16,17). The minimum atomic E-state index is -0.932. The predicted molar refractivity (Wildman–Crippen MR) is 71.0 cm³/mol. The van der Waals surface area contributed by atoms with Gasteiger partial charge in [-0.2, -0.15) is 0 Å². The molecule has 0 radical (unpaired) electrons. The Labute approximate surface area is 110 Å². The number of carboxylic acid groups (broad SMARTS) is 1. The summed E-state index contributed by atoms with van der Waals surface area (Å²) in [7, 11) is 0. The predicted octanol–water partition coefficient (Wildman–Crippen LogP) is 1.22. The lowest BCUT2D eigenvalue weighted by Crippen LogP contribution is -2.14. The SMILES string of the molecule is Cc1nc(NCC(=O)O)cc(NCc2cc[nH]c2)n1. The number of aliphatic carboxylic acids is 1. The van der Waals surface area contributed by atoms with Gasteiger partial charge in [-0.15, -0.1) is 0 Å². The number of nitrogens with one attached hydrogen (secondary N) is 3. The lowest BCUT2D eigenvalue weighted by atomic mass is 10.3. The van der Waals surface area contributed by atoms with E-state index in [9.17, 15) is 4.79 Å². The van der Waals surface area contributed by atoms with Gasteiger partial charge in [-0.1, -0.05) is 0 Å². The van der Waals surface area contributed by atoms with Crippen molar-refractivity contribution in [2.24, 2.45) is 0 Å². The third kappa shape index (κ3) is 3.98. The summed E-state index contributed by atoms with van der Waals surface area (Å²) in [5.41, 5.74) is 1.11. The molecule has 2 rings (SSSR count). The number of rotatable bonds is 6. The molecule has 0 spiro atoms. The summed E-state index contributed by atoms with van der Waals surface area (Å²) in [6.07, 6.45) is 3.74. The van der Waals surface area contributed by atoms with E-state index in [1.54, 1.807) is 13.0 Å². The molecule has 0 aliphatic carbocycles. The van der Waals surface area contributed by atoms with E-state index in [-0.39, 0.29) is 6.54 Å². The Bertz CT molecular complexity index is 553. The van der Waals surface area contributed by atoms with E-state index in [1.807, 2.05) is 18.5 Å². The van der Waals surface area contributed by atoms with Gasteiger partial charge in [0.05, 0.1) is 0 Å². The first-order valence-electron chi connectivity index (χ1n) is 5.80. The van der Waals surface area contributed by atoms with Gasteiger partial charge < -0.3 is 20.7 Å². The molecule has 0 fully saturated rings. The number of hydrogen-bond donors (Lipinski definition) is 4. The van der Waals surface area contributed by atoms with Crippen molar-refractivity contribution in [2.75, 3.05) is 17.2 Å². The maximum absolute atomic E-state index is 10.5. The third-order valence-corrected chi connectivity index (χ3v) is 2.39. The quantitative estimate of drug-likeness (QED) is 0.623. The van der Waals surface area contributed by atoms with Crippen LogP contribution >= 0.6 is 0 Å². The number of anilines is 2. The van der Waals surface area contributed by atoms with Crippen LogP contribution in [-0.2, 0) is 11.3 Å². The van der Waals surface area contributed by atoms with E-state index in [4.69, 9.17) is 5.11 Å². The largest absolute Gasteiger partial charge is 0.480 e. The van der Waals surface area contributed by atoms with Crippen molar-refractivity contribution in [2.45, 2.75) is 13.5 Å². The Morgan fingerprint density at radius 2 is 2.11 bits per heavy atom. The van der Waals surface area contributed by atoms with Crippen LogP contribution in [-0.4, -0.2) is 32.6 Å². The van der Waals surface area contributed by atoms with Gasteiger partial charge >= 0.3 is 5.97 Å². The first kappa shape index (κ1) is 12.9. The minimum Gasteiger partial charge on any atom is -0.480 e. The molecule has 0 atom stereocenters. The fraction of sp³-hybridized carbons (Fsp3) is 0.250. The Hall–Kier alpha value is -2.57. The minimum absolute atomic E-state index is 0.173. The van der Waals surface area contributed by atoms with Crippen molar-refractivity contribution in [1.82, 2.24) is 15.0 Å². The summed E-state index contributed by atoms with van der Waals surface area (Å²) in [5.74, 6) is 0.790. The average Bonchev–Trinajstić information content (AvgIpc) is 2.86. The molecule has 0 aromatic carbocycles. The summed E-state index contributed by atoms with van der Waals surface area (Å²) in [6.45, 7) is 2.22. The highest BCUT2D eigenvalue weighted by Crippen LogP contribution is 2.12. The number of aryl methyl sites for hydroxylation is 1. The lowest BCUT2D eigenvalue weighted by molar-refractivity contribution is -0.134. The van der Waals surface area contributed by atoms with Crippen molar-refractivity contribution in [3.8, 4) is 0 Å². The van der Waals surface area contributed by atoms with Crippen molar-refractivity contribution < 1.29 is 9.90 Å². The number of nitrogens with zero attached hydrogens (tertiary/aromatic N) is 2. The van der Waals surface area contributed by atoms with Crippen LogP contribution in [0, 0.1) is 6.92 Å². The summed E-state index contributed by atoms with van der Waals surface area (Å²) in [5, 5.41) is 14.5. The monoisotopic (exact) mass is 261 g/mol. The van der Waals surface area contributed by atoms with Crippen LogP contribution in [0.1, 0.15) is 11.4 Å². The van der Waals surface area contributed by atoms with E-state index in [2.05, 4.69) is 25.6 Å². The Kier molecular flexibility index (Phi) is 3.97. The average molecular weight is 261 g/mol. The second-order valence-electron chi connectivity index (χ2n) is 4.01. The van der Waals surface area contributed by atoms with Crippen LogP contribution in [0.4, 0.5) is 11.6 Å². The topological polar surface area (TPSA) is 103 Å². The van der Waals surface area contributed by atoms with E-state index in [0.717, 1.165) is 5.56 Å². The summed E-state index contributed by atoms with van der Waals surface area (Å²) >= 11 is 0. The Morgan fingerprint density at radius 1 is 1.37 bits per heavy atom. The highest BCUT2D eigenvalue weighted by molar-refractivity contribution is 5.72. The van der Waals surface area contributed by atoms with Gasteiger partial charge in [-0.05, 0) is 18.6 Å².